The average Bonchev–Trinajstić information content (AvgIpc) is 3.02. The zero-order valence-electron chi connectivity index (χ0n) is 15.5. The molecular weight excluding hydrogens is 348 g/mol. The summed E-state index contributed by atoms with van der Waals surface area (Å²) in [5.41, 5.74) is 2.37. The molecule has 1 N–H and O–H groups in total. The Morgan fingerprint density at radius 1 is 1.04 bits per heavy atom. The smallest absolute Gasteiger partial charge is 0.334 e. The van der Waals surface area contributed by atoms with Gasteiger partial charge in [-0.1, -0.05) is 12.1 Å². The first kappa shape index (κ1) is 18.6. The van der Waals surface area contributed by atoms with Crippen molar-refractivity contribution >= 4 is 12.0 Å². The van der Waals surface area contributed by atoms with Crippen LogP contribution in [0.1, 0.15) is 11.1 Å². The summed E-state index contributed by atoms with van der Waals surface area (Å²) in [5, 5.41) is 9.73. The number of benzene rings is 2. The Labute approximate surface area is 157 Å². The van der Waals surface area contributed by atoms with E-state index in [1.165, 1.54) is 13.2 Å². The number of methoxy groups -OCH3 is 3. The van der Waals surface area contributed by atoms with E-state index >= 15 is 0 Å². The Morgan fingerprint density at radius 2 is 1.78 bits per heavy atom. The number of aromatic hydroxyl groups is 1. The number of carbonyl (C=O) groups excluding carboxylic acids is 1. The summed E-state index contributed by atoms with van der Waals surface area (Å²) < 4.78 is 21.0. The summed E-state index contributed by atoms with van der Waals surface area (Å²) in [6.45, 7) is 0.328. The first-order valence-corrected chi connectivity index (χ1v) is 8.52. The van der Waals surface area contributed by atoms with Crippen LogP contribution < -0.4 is 14.2 Å². The second-order valence-electron chi connectivity index (χ2n) is 6.22. The summed E-state index contributed by atoms with van der Waals surface area (Å²) in [6.07, 6.45) is 2.41. The Morgan fingerprint density at radius 3 is 2.48 bits per heavy atom. The van der Waals surface area contributed by atoms with Crippen LogP contribution in [0, 0.1) is 5.92 Å². The molecule has 6 nitrogen and oxygen atoms in total. The lowest BCUT2D eigenvalue weighted by Crippen LogP contribution is -2.08. The second kappa shape index (κ2) is 8.03. The largest absolute Gasteiger partial charge is 0.504 e. The number of phenols is 1. The normalized spacial score (nSPS) is 17.7. The third-order valence-corrected chi connectivity index (χ3v) is 4.55. The van der Waals surface area contributed by atoms with Gasteiger partial charge in [-0.05, 0) is 47.9 Å². The second-order valence-corrected chi connectivity index (χ2v) is 6.22. The first-order chi connectivity index (χ1) is 13.0. The summed E-state index contributed by atoms with van der Waals surface area (Å²) in [5.74, 6) is 1.31. The van der Waals surface area contributed by atoms with E-state index in [9.17, 15) is 9.90 Å². The van der Waals surface area contributed by atoms with Crippen molar-refractivity contribution in [2.75, 3.05) is 27.9 Å². The van der Waals surface area contributed by atoms with Gasteiger partial charge in [-0.25, -0.2) is 4.79 Å². The molecule has 27 heavy (non-hydrogen) atoms. The molecule has 0 radical (unpaired) electrons. The molecule has 142 valence electrons. The van der Waals surface area contributed by atoms with Gasteiger partial charge in [0.2, 0.25) is 0 Å². The molecule has 6 heteroatoms. The number of hydrogen-bond acceptors (Lipinski definition) is 6. The molecule has 3 rings (SSSR count). The van der Waals surface area contributed by atoms with Gasteiger partial charge in [0, 0.05) is 11.5 Å². The molecule has 0 spiro atoms. The van der Waals surface area contributed by atoms with Crippen molar-refractivity contribution in [1.29, 1.82) is 0 Å². The fraction of sp³-hybridized carbons (Fsp3) is 0.286. The average molecular weight is 370 g/mol. The quantitative estimate of drug-likeness (QED) is 0.622. The molecule has 0 bridgehead atoms. The molecule has 0 amide bonds. The monoisotopic (exact) mass is 370 g/mol. The van der Waals surface area contributed by atoms with Gasteiger partial charge in [-0.3, -0.25) is 0 Å². The van der Waals surface area contributed by atoms with Crippen LogP contribution in [0.4, 0.5) is 0 Å². The molecule has 1 saturated heterocycles. The van der Waals surface area contributed by atoms with Crippen molar-refractivity contribution in [2.24, 2.45) is 5.92 Å². The zero-order valence-corrected chi connectivity index (χ0v) is 15.5. The van der Waals surface area contributed by atoms with Crippen LogP contribution in [0.5, 0.6) is 23.0 Å². The molecule has 1 aliphatic heterocycles. The van der Waals surface area contributed by atoms with Crippen molar-refractivity contribution in [2.45, 2.75) is 6.42 Å². The maximum absolute atomic E-state index is 12.2. The van der Waals surface area contributed by atoms with Crippen LogP contribution in [0.25, 0.3) is 6.08 Å². The highest BCUT2D eigenvalue weighted by Crippen LogP contribution is 2.33. The van der Waals surface area contributed by atoms with Gasteiger partial charge in [0.05, 0.1) is 27.9 Å². The number of ether oxygens (including phenoxy) is 4. The summed E-state index contributed by atoms with van der Waals surface area (Å²) in [7, 11) is 4.66. The number of hydrogen-bond donors (Lipinski definition) is 1. The number of esters is 1. The van der Waals surface area contributed by atoms with E-state index in [4.69, 9.17) is 18.9 Å². The summed E-state index contributed by atoms with van der Waals surface area (Å²) >= 11 is 0. The van der Waals surface area contributed by atoms with Gasteiger partial charge in [-0.15, -0.1) is 0 Å². The van der Waals surface area contributed by atoms with Crippen molar-refractivity contribution in [3.05, 3.63) is 53.1 Å². The molecule has 0 aliphatic carbocycles. The molecule has 2 aromatic carbocycles. The van der Waals surface area contributed by atoms with Gasteiger partial charge in [0.15, 0.2) is 23.0 Å². The maximum Gasteiger partial charge on any atom is 0.334 e. The number of phenolic OH excluding ortho intramolecular Hbond substituents is 1. The maximum atomic E-state index is 12.2. The standard InChI is InChI=1S/C21H22O6/c1-24-18-7-5-13(11-20(18)26-3)8-15-12-27-21(23)16(15)9-14-4-6-17(22)19(10-14)25-2/h4-7,9-11,15,22H,8,12H2,1-3H3/b16-9+. The van der Waals surface area contributed by atoms with Gasteiger partial charge < -0.3 is 24.1 Å². The first-order valence-electron chi connectivity index (χ1n) is 8.52. The van der Waals surface area contributed by atoms with Crippen molar-refractivity contribution in [1.82, 2.24) is 0 Å². The third-order valence-electron chi connectivity index (χ3n) is 4.55. The van der Waals surface area contributed by atoms with Gasteiger partial charge >= 0.3 is 5.97 Å². The molecule has 0 saturated carbocycles. The Kier molecular flexibility index (Phi) is 5.54. The predicted molar refractivity (Wildman–Crippen MR) is 100 cm³/mol. The van der Waals surface area contributed by atoms with Crippen LogP contribution in [0.3, 0.4) is 0 Å². The van der Waals surface area contributed by atoms with Crippen LogP contribution >= 0.6 is 0 Å². The molecule has 1 unspecified atom stereocenters. The minimum absolute atomic E-state index is 0.0514. The van der Waals surface area contributed by atoms with E-state index in [1.54, 1.807) is 32.4 Å². The van der Waals surface area contributed by atoms with Gasteiger partial charge in [0.1, 0.15) is 0 Å². The fourth-order valence-electron chi connectivity index (χ4n) is 3.12. The van der Waals surface area contributed by atoms with E-state index in [1.807, 2.05) is 18.2 Å². The van der Waals surface area contributed by atoms with E-state index in [0.29, 0.717) is 35.8 Å². The molecular formula is C21H22O6. The Balaban J connectivity index is 1.86. The van der Waals surface area contributed by atoms with E-state index in [-0.39, 0.29) is 17.6 Å². The van der Waals surface area contributed by atoms with Gasteiger partial charge in [-0.2, -0.15) is 0 Å². The minimum atomic E-state index is -0.326. The van der Waals surface area contributed by atoms with Crippen LogP contribution in [-0.2, 0) is 16.0 Å². The lowest BCUT2D eigenvalue weighted by Gasteiger charge is -2.12. The summed E-state index contributed by atoms with van der Waals surface area (Å²) in [4.78, 5) is 12.2. The minimum Gasteiger partial charge on any atom is -0.504 e. The molecule has 1 atom stereocenters. The van der Waals surface area contributed by atoms with Gasteiger partial charge in [0.25, 0.3) is 0 Å². The molecule has 1 aliphatic rings. The highest BCUT2D eigenvalue weighted by molar-refractivity contribution is 5.96. The SMILES string of the molecule is COc1cc(/C=C2/C(=O)OCC2Cc2ccc(OC)c(OC)c2)ccc1O. The van der Waals surface area contributed by atoms with E-state index < -0.39 is 0 Å². The number of rotatable bonds is 6. The highest BCUT2D eigenvalue weighted by Gasteiger charge is 2.30. The van der Waals surface area contributed by atoms with Crippen LogP contribution in [0.15, 0.2) is 42.0 Å². The lowest BCUT2D eigenvalue weighted by molar-refractivity contribution is -0.135. The van der Waals surface area contributed by atoms with Crippen molar-refractivity contribution in [3.63, 3.8) is 0 Å². The van der Waals surface area contributed by atoms with Crippen molar-refractivity contribution in [3.8, 4) is 23.0 Å². The van der Waals surface area contributed by atoms with Crippen LogP contribution in [0.2, 0.25) is 0 Å². The predicted octanol–water partition coefficient (Wildman–Crippen LogP) is 3.22. The Hall–Kier alpha value is -3.15. The third kappa shape index (κ3) is 4.00. The van der Waals surface area contributed by atoms with Crippen LogP contribution in [-0.4, -0.2) is 39.0 Å². The highest BCUT2D eigenvalue weighted by atomic mass is 16.5. The fourth-order valence-corrected chi connectivity index (χ4v) is 3.12. The zero-order chi connectivity index (χ0) is 19.4. The molecule has 0 aromatic heterocycles. The van der Waals surface area contributed by atoms with E-state index in [2.05, 4.69) is 0 Å². The Bertz CT molecular complexity index is 871. The lowest BCUT2D eigenvalue weighted by atomic mass is 9.92. The molecule has 2 aromatic rings. The topological polar surface area (TPSA) is 74.2 Å². The number of carbonyl (C=O) groups is 1. The van der Waals surface area contributed by atoms with E-state index in [0.717, 1.165) is 11.1 Å². The molecule has 1 heterocycles. The summed E-state index contributed by atoms with van der Waals surface area (Å²) in [6, 6.07) is 10.6. The molecule has 1 fully saturated rings. The number of cyclic esters (lactones) is 1. The van der Waals surface area contributed by atoms with Crippen molar-refractivity contribution < 1.29 is 28.8 Å².